The molecule has 1 aliphatic rings. The highest BCUT2D eigenvalue weighted by molar-refractivity contribution is 5.24. The number of aryl methyl sites for hydroxylation is 2. The normalized spacial score (nSPS) is 15.1. The molecule has 78 valence electrons. The van der Waals surface area contributed by atoms with E-state index in [4.69, 9.17) is 0 Å². The molecule has 0 radical (unpaired) electrons. The van der Waals surface area contributed by atoms with E-state index in [9.17, 15) is 0 Å². The monoisotopic (exact) mass is 198 g/mol. The third kappa shape index (κ3) is 3.09. The summed E-state index contributed by atoms with van der Waals surface area (Å²) in [4.78, 5) is 0. The summed E-state index contributed by atoms with van der Waals surface area (Å²) in [6.07, 6.45) is 11.6. The minimum absolute atomic E-state index is 1.18. The Morgan fingerprint density at radius 3 is 2.87 bits per heavy atom. The first-order valence-corrected chi connectivity index (χ1v) is 5.75. The molecule has 1 aromatic carbocycles. The SMILES string of the molecule is Cc1cccc(CCC2=CC=CCC2)c1. The van der Waals surface area contributed by atoms with Gasteiger partial charge in [0.05, 0.1) is 0 Å². The van der Waals surface area contributed by atoms with Crippen molar-refractivity contribution < 1.29 is 0 Å². The molecular weight excluding hydrogens is 180 g/mol. The highest BCUT2D eigenvalue weighted by atomic mass is 14.1. The molecule has 0 unspecified atom stereocenters. The Kier molecular flexibility index (Phi) is 3.39. The zero-order valence-electron chi connectivity index (χ0n) is 9.37. The molecule has 0 fully saturated rings. The summed E-state index contributed by atoms with van der Waals surface area (Å²) in [5.74, 6) is 0. The van der Waals surface area contributed by atoms with E-state index < -0.39 is 0 Å². The van der Waals surface area contributed by atoms with Crippen LogP contribution in [0.15, 0.2) is 48.1 Å². The van der Waals surface area contributed by atoms with Crippen molar-refractivity contribution in [1.29, 1.82) is 0 Å². The first-order valence-electron chi connectivity index (χ1n) is 5.75. The molecule has 0 aromatic heterocycles. The average molecular weight is 198 g/mol. The van der Waals surface area contributed by atoms with Gasteiger partial charge in [0.2, 0.25) is 0 Å². The third-order valence-electron chi connectivity index (χ3n) is 2.92. The van der Waals surface area contributed by atoms with Crippen molar-refractivity contribution >= 4 is 0 Å². The lowest BCUT2D eigenvalue weighted by Crippen LogP contribution is -1.92. The van der Waals surface area contributed by atoms with Gasteiger partial charge in [-0.1, -0.05) is 53.6 Å². The van der Waals surface area contributed by atoms with Gasteiger partial charge < -0.3 is 0 Å². The van der Waals surface area contributed by atoms with Gasteiger partial charge >= 0.3 is 0 Å². The lowest BCUT2D eigenvalue weighted by molar-refractivity contribution is 0.839. The highest BCUT2D eigenvalue weighted by Gasteiger charge is 2.00. The van der Waals surface area contributed by atoms with Gasteiger partial charge in [0.15, 0.2) is 0 Å². The van der Waals surface area contributed by atoms with Crippen LogP contribution in [0, 0.1) is 6.92 Å². The Labute approximate surface area is 92.3 Å². The molecule has 0 amide bonds. The quantitative estimate of drug-likeness (QED) is 0.682. The molecule has 0 nitrogen and oxygen atoms in total. The predicted octanol–water partition coefficient (Wildman–Crippen LogP) is 4.20. The van der Waals surface area contributed by atoms with Gasteiger partial charge in [0, 0.05) is 0 Å². The summed E-state index contributed by atoms with van der Waals surface area (Å²) in [6, 6.07) is 8.83. The van der Waals surface area contributed by atoms with Crippen LogP contribution in [-0.4, -0.2) is 0 Å². The topological polar surface area (TPSA) is 0 Å². The van der Waals surface area contributed by atoms with E-state index in [0.717, 1.165) is 0 Å². The van der Waals surface area contributed by atoms with Gasteiger partial charge in [-0.3, -0.25) is 0 Å². The molecule has 0 atom stereocenters. The minimum atomic E-state index is 1.18. The van der Waals surface area contributed by atoms with E-state index in [1.165, 1.54) is 36.8 Å². The molecule has 1 aromatic rings. The lowest BCUT2D eigenvalue weighted by Gasteiger charge is -2.09. The van der Waals surface area contributed by atoms with E-state index >= 15 is 0 Å². The number of benzene rings is 1. The van der Waals surface area contributed by atoms with Gasteiger partial charge in [-0.05, 0) is 38.2 Å². The molecule has 15 heavy (non-hydrogen) atoms. The second-order valence-electron chi connectivity index (χ2n) is 4.28. The Morgan fingerprint density at radius 2 is 2.13 bits per heavy atom. The fourth-order valence-electron chi connectivity index (χ4n) is 2.03. The Morgan fingerprint density at radius 1 is 1.20 bits per heavy atom. The highest BCUT2D eigenvalue weighted by Crippen LogP contribution is 2.18. The molecular formula is C15H18. The maximum absolute atomic E-state index is 2.29. The molecule has 0 saturated carbocycles. The van der Waals surface area contributed by atoms with Gasteiger partial charge in [0.25, 0.3) is 0 Å². The molecule has 0 saturated heterocycles. The van der Waals surface area contributed by atoms with E-state index in [0.29, 0.717) is 0 Å². The molecule has 0 bridgehead atoms. The second-order valence-corrected chi connectivity index (χ2v) is 4.28. The van der Waals surface area contributed by atoms with Crippen molar-refractivity contribution in [2.45, 2.75) is 32.6 Å². The second kappa shape index (κ2) is 4.97. The zero-order chi connectivity index (χ0) is 10.5. The number of rotatable bonds is 3. The van der Waals surface area contributed by atoms with E-state index in [2.05, 4.69) is 49.4 Å². The standard InChI is InChI=1S/C15H18/c1-13-6-5-9-15(12-13)11-10-14-7-3-2-4-8-14/h2-3,5-7,9,12H,4,8,10-11H2,1H3. The Bertz CT molecular complexity index is 383. The summed E-state index contributed by atoms with van der Waals surface area (Å²) in [5, 5.41) is 0. The van der Waals surface area contributed by atoms with Crippen LogP contribution in [-0.2, 0) is 6.42 Å². The van der Waals surface area contributed by atoms with E-state index in [1.54, 1.807) is 5.57 Å². The van der Waals surface area contributed by atoms with Crippen LogP contribution in [0.3, 0.4) is 0 Å². The van der Waals surface area contributed by atoms with Crippen LogP contribution in [0.1, 0.15) is 30.4 Å². The summed E-state index contributed by atoms with van der Waals surface area (Å²) in [5.41, 5.74) is 4.43. The molecule has 2 rings (SSSR count). The van der Waals surface area contributed by atoms with Gasteiger partial charge in [-0.25, -0.2) is 0 Å². The Hall–Kier alpha value is -1.30. The summed E-state index contributed by atoms with van der Waals surface area (Å²) >= 11 is 0. The van der Waals surface area contributed by atoms with Crippen molar-refractivity contribution in [2.24, 2.45) is 0 Å². The summed E-state index contributed by atoms with van der Waals surface area (Å²) < 4.78 is 0. The first kappa shape index (κ1) is 10.2. The first-order chi connectivity index (χ1) is 7.34. The minimum Gasteiger partial charge on any atom is -0.0842 e. The molecule has 0 aliphatic heterocycles. The van der Waals surface area contributed by atoms with Crippen LogP contribution in [0.4, 0.5) is 0 Å². The lowest BCUT2D eigenvalue weighted by atomic mass is 9.97. The van der Waals surface area contributed by atoms with Crippen molar-refractivity contribution in [1.82, 2.24) is 0 Å². The van der Waals surface area contributed by atoms with Crippen molar-refractivity contribution in [3.05, 3.63) is 59.2 Å². The van der Waals surface area contributed by atoms with Gasteiger partial charge in [-0.2, -0.15) is 0 Å². The predicted molar refractivity (Wildman–Crippen MR) is 66.0 cm³/mol. The van der Waals surface area contributed by atoms with Crippen molar-refractivity contribution in [3.8, 4) is 0 Å². The average Bonchev–Trinajstić information content (AvgIpc) is 2.28. The number of hydrogen-bond acceptors (Lipinski definition) is 0. The van der Waals surface area contributed by atoms with Crippen LogP contribution < -0.4 is 0 Å². The number of hydrogen-bond donors (Lipinski definition) is 0. The van der Waals surface area contributed by atoms with Gasteiger partial charge in [0.1, 0.15) is 0 Å². The molecule has 0 N–H and O–H groups in total. The summed E-state index contributed by atoms with van der Waals surface area (Å²) in [6.45, 7) is 2.16. The van der Waals surface area contributed by atoms with Crippen LogP contribution in [0.25, 0.3) is 0 Å². The third-order valence-corrected chi connectivity index (χ3v) is 2.92. The van der Waals surface area contributed by atoms with Crippen LogP contribution in [0.2, 0.25) is 0 Å². The maximum Gasteiger partial charge on any atom is -0.0241 e. The molecule has 0 heteroatoms. The summed E-state index contributed by atoms with van der Waals surface area (Å²) in [7, 11) is 0. The van der Waals surface area contributed by atoms with E-state index in [-0.39, 0.29) is 0 Å². The van der Waals surface area contributed by atoms with Crippen LogP contribution in [0.5, 0.6) is 0 Å². The number of allylic oxidation sites excluding steroid dienone is 4. The Balaban J connectivity index is 1.93. The zero-order valence-corrected chi connectivity index (χ0v) is 9.37. The maximum atomic E-state index is 2.29. The molecule has 0 heterocycles. The van der Waals surface area contributed by atoms with Crippen LogP contribution >= 0.6 is 0 Å². The smallest absolute Gasteiger partial charge is 0.0241 e. The fourth-order valence-corrected chi connectivity index (χ4v) is 2.03. The largest absolute Gasteiger partial charge is 0.0842 e. The van der Waals surface area contributed by atoms with E-state index in [1.807, 2.05) is 0 Å². The molecule has 0 spiro atoms. The van der Waals surface area contributed by atoms with Gasteiger partial charge in [-0.15, -0.1) is 0 Å². The van der Waals surface area contributed by atoms with Crippen molar-refractivity contribution in [3.63, 3.8) is 0 Å². The van der Waals surface area contributed by atoms with Crippen molar-refractivity contribution in [2.75, 3.05) is 0 Å². The fraction of sp³-hybridized carbons (Fsp3) is 0.333. The molecule has 1 aliphatic carbocycles.